The van der Waals surface area contributed by atoms with Crippen LogP contribution in [0.2, 0.25) is 0 Å². The van der Waals surface area contributed by atoms with Crippen molar-refractivity contribution in [2.45, 2.75) is 121 Å². The number of hydrogen-bond acceptors (Lipinski definition) is 3. The highest BCUT2D eigenvalue weighted by Gasteiger charge is 2.27. The van der Waals surface area contributed by atoms with Gasteiger partial charge in [-0.15, -0.1) is 0 Å². The van der Waals surface area contributed by atoms with Gasteiger partial charge < -0.3 is 4.18 Å². The molecule has 0 spiro atoms. The van der Waals surface area contributed by atoms with Crippen molar-refractivity contribution < 1.29 is 12.6 Å². The van der Waals surface area contributed by atoms with Crippen molar-refractivity contribution in [2.24, 2.45) is 0 Å². The lowest BCUT2D eigenvalue weighted by Gasteiger charge is -2.19. The summed E-state index contributed by atoms with van der Waals surface area (Å²) in [5, 5.41) is 3.50. The quantitative estimate of drug-likeness (QED) is 0.0810. The van der Waals surface area contributed by atoms with E-state index in [4.69, 9.17) is 4.18 Å². The Balaban J connectivity index is 1.66. The average molecular weight is 587 g/mol. The van der Waals surface area contributed by atoms with E-state index >= 15 is 0 Å². The second-order valence-electron chi connectivity index (χ2n) is 11.8. The molecule has 0 heterocycles. The van der Waals surface area contributed by atoms with Crippen LogP contribution in [0.4, 0.5) is 0 Å². The molecule has 42 heavy (non-hydrogen) atoms. The lowest BCUT2D eigenvalue weighted by Crippen LogP contribution is -2.15. The molecule has 4 aromatic rings. The maximum atomic E-state index is 14.3. The van der Waals surface area contributed by atoms with Gasteiger partial charge >= 0.3 is 10.1 Å². The Bertz CT molecular complexity index is 1500. The van der Waals surface area contributed by atoms with Gasteiger partial charge in [0, 0.05) is 10.8 Å². The van der Waals surface area contributed by atoms with E-state index in [-0.39, 0.29) is 0 Å². The summed E-state index contributed by atoms with van der Waals surface area (Å²) in [6.45, 7) is 4.50. The normalized spacial score (nSPS) is 11.9. The molecule has 0 saturated heterocycles. The van der Waals surface area contributed by atoms with Crippen LogP contribution < -0.4 is 4.18 Å². The fourth-order valence-corrected chi connectivity index (χ4v) is 7.61. The van der Waals surface area contributed by atoms with E-state index in [0.29, 0.717) is 10.6 Å². The van der Waals surface area contributed by atoms with Gasteiger partial charge in [0.1, 0.15) is 4.90 Å². The Labute approximate surface area is 254 Å². The van der Waals surface area contributed by atoms with Crippen LogP contribution in [0.1, 0.15) is 115 Å². The average Bonchev–Trinajstić information content (AvgIpc) is 3.00. The summed E-state index contributed by atoms with van der Waals surface area (Å²) in [7, 11) is -4.08. The zero-order chi connectivity index (χ0) is 29.6. The molecule has 0 radical (unpaired) electrons. The number of hydrogen-bond donors (Lipinski definition) is 0. The Hall–Kier alpha value is -2.85. The van der Waals surface area contributed by atoms with Crippen LogP contribution in [0.5, 0.6) is 5.75 Å². The van der Waals surface area contributed by atoms with Crippen LogP contribution in [0, 0.1) is 0 Å². The van der Waals surface area contributed by atoms with Crippen molar-refractivity contribution in [3.8, 4) is 5.75 Å². The first-order valence-electron chi connectivity index (χ1n) is 16.5. The van der Waals surface area contributed by atoms with E-state index < -0.39 is 10.1 Å². The second kappa shape index (κ2) is 16.7. The molecule has 226 valence electrons. The summed E-state index contributed by atoms with van der Waals surface area (Å²) in [4.78, 5) is 0.373. The molecule has 0 N–H and O–H groups in total. The first-order valence-corrected chi connectivity index (χ1v) is 17.9. The largest absolute Gasteiger partial charge is 0.378 e. The van der Waals surface area contributed by atoms with Gasteiger partial charge in [-0.3, -0.25) is 0 Å². The maximum Gasteiger partial charge on any atom is 0.340 e. The fraction of sp³-hybridized carbons (Fsp3) is 0.474. The van der Waals surface area contributed by atoms with Crippen molar-refractivity contribution in [3.63, 3.8) is 0 Å². The molecule has 0 aliphatic carbocycles. The van der Waals surface area contributed by atoms with Crippen LogP contribution >= 0.6 is 0 Å². The minimum Gasteiger partial charge on any atom is -0.378 e. The Kier molecular flexibility index (Phi) is 12.8. The topological polar surface area (TPSA) is 43.4 Å². The lowest BCUT2D eigenvalue weighted by atomic mass is 9.93. The molecule has 0 aromatic heterocycles. The third kappa shape index (κ3) is 8.83. The fourth-order valence-electron chi connectivity index (χ4n) is 6.16. The predicted octanol–water partition coefficient (Wildman–Crippen LogP) is 11.3. The highest BCUT2D eigenvalue weighted by atomic mass is 32.2. The summed E-state index contributed by atoms with van der Waals surface area (Å²) in [6.07, 6.45) is 18.7. The van der Waals surface area contributed by atoms with E-state index in [1.165, 1.54) is 76.2 Å². The van der Waals surface area contributed by atoms with Crippen LogP contribution in [-0.4, -0.2) is 8.42 Å². The Morgan fingerprint density at radius 1 is 0.548 bits per heavy atom. The summed E-state index contributed by atoms with van der Waals surface area (Å²) in [6, 6.07) is 23.6. The smallest absolute Gasteiger partial charge is 0.340 e. The first kappa shape index (κ1) is 32.1. The summed E-state index contributed by atoms with van der Waals surface area (Å²) in [5.41, 5.74) is 2.14. The number of rotatable bonds is 19. The summed E-state index contributed by atoms with van der Waals surface area (Å²) < 4.78 is 34.6. The van der Waals surface area contributed by atoms with Crippen molar-refractivity contribution in [1.29, 1.82) is 0 Å². The first-order chi connectivity index (χ1) is 20.5. The molecule has 4 heteroatoms. The van der Waals surface area contributed by atoms with Crippen molar-refractivity contribution in [3.05, 3.63) is 83.9 Å². The van der Waals surface area contributed by atoms with Crippen LogP contribution in [0.15, 0.2) is 77.7 Å². The zero-order valence-corrected chi connectivity index (χ0v) is 26.7. The zero-order valence-electron chi connectivity index (χ0n) is 25.9. The van der Waals surface area contributed by atoms with Gasteiger partial charge in [-0.25, -0.2) is 0 Å². The highest BCUT2D eigenvalue weighted by Crippen LogP contribution is 2.36. The van der Waals surface area contributed by atoms with Crippen molar-refractivity contribution >= 4 is 31.7 Å². The molecule has 0 aliphatic heterocycles. The van der Waals surface area contributed by atoms with Gasteiger partial charge in [-0.05, 0) is 53.6 Å². The van der Waals surface area contributed by atoms with Gasteiger partial charge in [-0.2, -0.15) is 8.42 Å². The lowest BCUT2D eigenvalue weighted by molar-refractivity contribution is 0.488. The predicted molar refractivity (Wildman–Crippen MR) is 179 cm³/mol. The number of unbranched alkanes of at least 4 members (excludes halogenated alkanes) is 12. The molecule has 3 nitrogen and oxygen atoms in total. The maximum absolute atomic E-state index is 14.3. The standard InChI is InChI=1S/C38H50O3S/c1-3-5-7-9-11-13-15-23-32-30-33-24-18-20-28-36(33)38(35(32)27-16-14-12-10-8-6-4-2)42(39,40)41-37-29-21-25-31-22-17-19-26-34(31)37/h17-22,24-26,28-30H,3-16,23,27H2,1-2H3. The van der Waals surface area contributed by atoms with E-state index in [2.05, 4.69) is 19.9 Å². The molecule has 0 fully saturated rings. The van der Waals surface area contributed by atoms with Gasteiger partial charge in [-0.1, -0.05) is 158 Å². The Morgan fingerprint density at radius 3 is 1.74 bits per heavy atom. The van der Waals surface area contributed by atoms with Crippen molar-refractivity contribution in [1.82, 2.24) is 0 Å². The molecular formula is C38H50O3S. The van der Waals surface area contributed by atoms with E-state index in [1.54, 1.807) is 6.07 Å². The van der Waals surface area contributed by atoms with Crippen LogP contribution in [-0.2, 0) is 23.0 Å². The van der Waals surface area contributed by atoms with Gasteiger partial charge in [0.2, 0.25) is 0 Å². The Morgan fingerprint density at radius 2 is 1.07 bits per heavy atom. The van der Waals surface area contributed by atoms with Crippen LogP contribution in [0.3, 0.4) is 0 Å². The minimum atomic E-state index is -4.08. The molecule has 0 atom stereocenters. The SMILES string of the molecule is CCCCCCCCCc1cc2ccccc2c(S(=O)(=O)Oc2cccc3ccccc23)c1CCCCCCCCC. The molecule has 0 unspecified atom stereocenters. The third-order valence-corrected chi connectivity index (χ3v) is 9.84. The van der Waals surface area contributed by atoms with Crippen molar-refractivity contribution in [2.75, 3.05) is 0 Å². The van der Waals surface area contributed by atoms with Crippen LogP contribution in [0.25, 0.3) is 21.5 Å². The molecule has 0 aliphatic rings. The summed E-state index contributed by atoms with van der Waals surface area (Å²) in [5.74, 6) is 0.386. The molecule has 0 bridgehead atoms. The van der Waals surface area contributed by atoms with E-state index in [9.17, 15) is 8.42 Å². The minimum absolute atomic E-state index is 0.373. The molecule has 4 rings (SSSR count). The van der Waals surface area contributed by atoms with Gasteiger partial charge in [0.05, 0.1) is 0 Å². The van der Waals surface area contributed by atoms with Gasteiger partial charge in [0.15, 0.2) is 5.75 Å². The molecule has 0 amide bonds. The second-order valence-corrected chi connectivity index (χ2v) is 13.3. The number of aryl methyl sites for hydroxylation is 1. The monoisotopic (exact) mass is 586 g/mol. The van der Waals surface area contributed by atoms with E-state index in [1.807, 2.05) is 60.7 Å². The molecular weight excluding hydrogens is 536 g/mol. The highest BCUT2D eigenvalue weighted by molar-refractivity contribution is 7.87. The molecule has 4 aromatic carbocycles. The molecule has 0 saturated carbocycles. The number of fused-ring (bicyclic) bond motifs is 2. The van der Waals surface area contributed by atoms with E-state index in [0.717, 1.165) is 59.2 Å². The van der Waals surface area contributed by atoms with Gasteiger partial charge in [0.25, 0.3) is 0 Å². The third-order valence-electron chi connectivity index (χ3n) is 8.48. The summed E-state index contributed by atoms with van der Waals surface area (Å²) >= 11 is 0. The number of benzene rings is 4.